The first-order chi connectivity index (χ1) is 17.5. The van der Waals surface area contributed by atoms with E-state index in [1.54, 1.807) is 10.8 Å². The van der Waals surface area contributed by atoms with E-state index in [-0.39, 0.29) is 22.9 Å². The Morgan fingerprint density at radius 1 is 1.00 bits per heavy atom. The van der Waals surface area contributed by atoms with E-state index < -0.39 is 6.04 Å². The third kappa shape index (κ3) is 4.12. The molecule has 0 fully saturated rings. The molecule has 3 heterocycles. The van der Waals surface area contributed by atoms with Crippen molar-refractivity contribution in [3.8, 4) is 22.9 Å². The molecule has 0 unspecified atom stereocenters. The highest BCUT2D eigenvalue weighted by atomic mass is 16.1. The molecule has 0 bridgehead atoms. The number of nitrogen functional groups attached to an aromatic ring is 1. The zero-order chi connectivity index (χ0) is 25.2. The molecule has 176 valence electrons. The minimum Gasteiger partial charge on any atom is -0.368 e. The highest BCUT2D eigenvalue weighted by Crippen LogP contribution is 2.28. The van der Waals surface area contributed by atoms with Crippen LogP contribution in [-0.4, -0.2) is 24.5 Å². The number of nitrogens with zero attached hydrogens (tertiary/aromatic N) is 6. The van der Waals surface area contributed by atoms with Gasteiger partial charge in [-0.25, -0.2) is 9.97 Å². The van der Waals surface area contributed by atoms with Crippen LogP contribution in [0.3, 0.4) is 0 Å². The number of pyridine rings is 1. The second-order valence-electron chi connectivity index (χ2n) is 8.30. The quantitative estimate of drug-likeness (QED) is 0.387. The highest BCUT2D eigenvalue weighted by molar-refractivity contribution is 5.94. The molecule has 9 nitrogen and oxygen atoms in total. The van der Waals surface area contributed by atoms with Crippen molar-refractivity contribution in [3.05, 3.63) is 100 Å². The third-order valence-electron chi connectivity index (χ3n) is 5.83. The first kappa shape index (κ1) is 22.7. The lowest BCUT2D eigenvalue weighted by Crippen LogP contribution is -2.28. The van der Waals surface area contributed by atoms with Gasteiger partial charge in [0, 0.05) is 17.5 Å². The molecule has 0 amide bonds. The number of hydrogen-bond donors (Lipinski definition) is 2. The SMILES string of the molecule is Cc1ccc(-c2cccc3nc([C@@H](C)Nc4nc(N)ncc4C#N)n(-c4ccccc4)c(=O)c23)cn1. The molecular formula is C27H22N8O. The Morgan fingerprint density at radius 3 is 2.53 bits per heavy atom. The number of anilines is 2. The summed E-state index contributed by atoms with van der Waals surface area (Å²) in [6.45, 7) is 3.76. The van der Waals surface area contributed by atoms with Crippen LogP contribution in [0.25, 0.3) is 27.7 Å². The number of fused-ring (bicyclic) bond motifs is 1. The molecule has 5 aromatic rings. The standard InChI is InChI=1S/C27H22N8O/c1-16-11-12-18(14-30-16)21-9-6-10-22-23(21)26(36)35(20-7-4-3-5-8-20)25(33-22)17(2)32-24-19(13-28)15-31-27(29)34-24/h3-12,14-15,17H,1-2H3,(H3,29,31,32,34)/t17-/m1/s1. The lowest BCUT2D eigenvalue weighted by molar-refractivity contribution is 0.731. The molecule has 2 aromatic carbocycles. The predicted molar refractivity (Wildman–Crippen MR) is 139 cm³/mol. The fourth-order valence-corrected chi connectivity index (χ4v) is 4.09. The summed E-state index contributed by atoms with van der Waals surface area (Å²) in [5.41, 5.74) is 9.47. The van der Waals surface area contributed by atoms with Crippen LogP contribution in [0.15, 0.2) is 77.9 Å². The number of nitrogens with two attached hydrogens (primary N) is 1. The molecule has 0 spiro atoms. The van der Waals surface area contributed by atoms with E-state index in [0.717, 1.165) is 16.8 Å². The average Bonchev–Trinajstić information content (AvgIpc) is 2.89. The van der Waals surface area contributed by atoms with Crippen molar-refractivity contribution in [1.29, 1.82) is 5.26 Å². The Morgan fingerprint density at radius 2 is 1.81 bits per heavy atom. The van der Waals surface area contributed by atoms with Crippen molar-refractivity contribution in [2.75, 3.05) is 11.1 Å². The summed E-state index contributed by atoms with van der Waals surface area (Å²) >= 11 is 0. The number of hydrogen-bond acceptors (Lipinski definition) is 8. The first-order valence-electron chi connectivity index (χ1n) is 11.3. The number of aryl methyl sites for hydroxylation is 1. The Kier molecular flexibility index (Phi) is 5.84. The van der Waals surface area contributed by atoms with Crippen molar-refractivity contribution in [2.45, 2.75) is 19.9 Å². The lowest BCUT2D eigenvalue weighted by atomic mass is 10.0. The van der Waals surface area contributed by atoms with Crippen molar-refractivity contribution in [3.63, 3.8) is 0 Å². The maximum absolute atomic E-state index is 14.1. The normalized spacial score (nSPS) is 11.7. The molecular weight excluding hydrogens is 452 g/mol. The van der Waals surface area contributed by atoms with Crippen LogP contribution < -0.4 is 16.6 Å². The van der Waals surface area contributed by atoms with Crippen LogP contribution in [0.5, 0.6) is 0 Å². The molecule has 36 heavy (non-hydrogen) atoms. The van der Waals surface area contributed by atoms with Crippen LogP contribution in [-0.2, 0) is 0 Å². The molecule has 0 aliphatic heterocycles. The van der Waals surface area contributed by atoms with Gasteiger partial charge in [0.15, 0.2) is 0 Å². The number of benzene rings is 2. The molecule has 0 aliphatic carbocycles. The van der Waals surface area contributed by atoms with Crippen molar-refractivity contribution in [2.24, 2.45) is 0 Å². The van der Waals surface area contributed by atoms with Crippen molar-refractivity contribution < 1.29 is 0 Å². The van der Waals surface area contributed by atoms with Crippen LogP contribution >= 0.6 is 0 Å². The maximum atomic E-state index is 14.1. The van der Waals surface area contributed by atoms with E-state index in [2.05, 4.69) is 26.3 Å². The summed E-state index contributed by atoms with van der Waals surface area (Å²) in [6.07, 6.45) is 3.12. The van der Waals surface area contributed by atoms with Gasteiger partial charge in [0.25, 0.3) is 5.56 Å². The van der Waals surface area contributed by atoms with Gasteiger partial charge in [-0.3, -0.25) is 14.3 Å². The maximum Gasteiger partial charge on any atom is 0.266 e. The van der Waals surface area contributed by atoms with Crippen molar-refractivity contribution in [1.82, 2.24) is 24.5 Å². The van der Waals surface area contributed by atoms with E-state index in [1.807, 2.05) is 74.5 Å². The van der Waals surface area contributed by atoms with Crippen LogP contribution in [0, 0.1) is 18.3 Å². The first-order valence-corrected chi connectivity index (χ1v) is 11.3. The monoisotopic (exact) mass is 474 g/mol. The molecule has 5 rings (SSSR count). The minimum atomic E-state index is -0.506. The van der Waals surface area contributed by atoms with Gasteiger partial charge in [-0.2, -0.15) is 10.2 Å². The summed E-state index contributed by atoms with van der Waals surface area (Å²) < 4.78 is 1.59. The molecule has 9 heteroatoms. The number of aromatic nitrogens is 5. The Labute approximate surface area is 206 Å². The number of para-hydroxylation sites is 1. The van der Waals surface area contributed by atoms with Gasteiger partial charge in [-0.15, -0.1) is 0 Å². The van der Waals surface area contributed by atoms with Gasteiger partial charge in [0.05, 0.1) is 28.8 Å². The Bertz CT molecular complexity index is 1670. The molecule has 0 saturated carbocycles. The summed E-state index contributed by atoms with van der Waals surface area (Å²) in [5.74, 6) is 0.761. The predicted octanol–water partition coefficient (Wildman–Crippen LogP) is 4.17. The van der Waals surface area contributed by atoms with E-state index in [9.17, 15) is 10.1 Å². The smallest absolute Gasteiger partial charge is 0.266 e. The second-order valence-corrected chi connectivity index (χ2v) is 8.30. The molecule has 0 aliphatic rings. The lowest BCUT2D eigenvalue weighted by Gasteiger charge is -2.21. The topological polar surface area (TPSA) is 135 Å². The third-order valence-corrected chi connectivity index (χ3v) is 5.83. The molecule has 3 N–H and O–H groups in total. The number of nitrogens with one attached hydrogen (secondary N) is 1. The van der Waals surface area contributed by atoms with Gasteiger partial charge < -0.3 is 11.1 Å². The van der Waals surface area contributed by atoms with Crippen molar-refractivity contribution >= 4 is 22.7 Å². The van der Waals surface area contributed by atoms with E-state index in [1.165, 1.54) is 6.20 Å². The molecule has 1 atom stereocenters. The van der Waals surface area contributed by atoms with Crippen LogP contribution in [0.1, 0.15) is 30.0 Å². The fourth-order valence-electron chi connectivity index (χ4n) is 4.09. The highest BCUT2D eigenvalue weighted by Gasteiger charge is 2.21. The summed E-state index contributed by atoms with van der Waals surface area (Å²) in [5, 5.41) is 13.2. The number of rotatable bonds is 5. The summed E-state index contributed by atoms with van der Waals surface area (Å²) in [7, 11) is 0. The Balaban J connectivity index is 1.74. The largest absolute Gasteiger partial charge is 0.368 e. The fraction of sp³-hybridized carbons (Fsp3) is 0.111. The molecule has 3 aromatic heterocycles. The van der Waals surface area contributed by atoms with Gasteiger partial charge in [-0.05, 0) is 43.7 Å². The second kappa shape index (κ2) is 9.27. The number of nitriles is 1. The zero-order valence-corrected chi connectivity index (χ0v) is 19.7. The van der Waals surface area contributed by atoms with Crippen LogP contribution in [0.4, 0.5) is 11.8 Å². The summed E-state index contributed by atoms with van der Waals surface area (Å²) in [6, 6.07) is 20.3. The molecule has 0 saturated heterocycles. The van der Waals surface area contributed by atoms with Gasteiger partial charge >= 0.3 is 0 Å². The van der Waals surface area contributed by atoms with Gasteiger partial charge in [0.2, 0.25) is 5.95 Å². The van der Waals surface area contributed by atoms with Crippen LogP contribution in [0.2, 0.25) is 0 Å². The average molecular weight is 475 g/mol. The Hall–Kier alpha value is -5.10. The van der Waals surface area contributed by atoms with E-state index in [0.29, 0.717) is 22.4 Å². The minimum absolute atomic E-state index is 0.0342. The van der Waals surface area contributed by atoms with Gasteiger partial charge in [0.1, 0.15) is 23.3 Å². The van der Waals surface area contributed by atoms with Gasteiger partial charge in [-0.1, -0.05) is 36.4 Å². The summed E-state index contributed by atoms with van der Waals surface area (Å²) in [4.78, 5) is 31.5. The van der Waals surface area contributed by atoms with E-state index in [4.69, 9.17) is 10.7 Å². The zero-order valence-electron chi connectivity index (χ0n) is 19.7. The van der Waals surface area contributed by atoms with E-state index >= 15 is 0 Å². The molecule has 0 radical (unpaired) electrons.